The van der Waals surface area contributed by atoms with Crippen LogP contribution in [-0.4, -0.2) is 15.9 Å². The third kappa shape index (κ3) is 2.83. The Balaban J connectivity index is 2.82. The summed E-state index contributed by atoms with van der Waals surface area (Å²) in [5.41, 5.74) is 0. The Morgan fingerprint density at radius 3 is 2.64 bits per heavy atom. The molecule has 0 bridgehead atoms. The SMILES string of the molecule is CC(=O)N[C@H](c1nc(Br)c[nH]1)C(C)C. The minimum atomic E-state index is -0.0567. The van der Waals surface area contributed by atoms with Crippen molar-refractivity contribution >= 4 is 21.8 Å². The van der Waals surface area contributed by atoms with E-state index < -0.39 is 0 Å². The molecule has 14 heavy (non-hydrogen) atoms. The lowest BCUT2D eigenvalue weighted by Crippen LogP contribution is -2.30. The zero-order valence-electron chi connectivity index (χ0n) is 8.47. The van der Waals surface area contributed by atoms with Gasteiger partial charge in [-0.25, -0.2) is 4.98 Å². The second-order valence-electron chi connectivity index (χ2n) is 3.53. The Morgan fingerprint density at radius 1 is 1.64 bits per heavy atom. The third-order valence-electron chi connectivity index (χ3n) is 1.89. The molecular formula is C9H14BrN3O. The molecule has 1 heterocycles. The fraction of sp³-hybridized carbons (Fsp3) is 0.556. The van der Waals surface area contributed by atoms with Gasteiger partial charge >= 0.3 is 0 Å². The van der Waals surface area contributed by atoms with Gasteiger partial charge in [-0.3, -0.25) is 4.79 Å². The van der Waals surface area contributed by atoms with Crippen LogP contribution in [0, 0.1) is 5.92 Å². The summed E-state index contributed by atoms with van der Waals surface area (Å²) in [6.45, 7) is 5.58. The molecule has 0 aliphatic carbocycles. The first-order chi connectivity index (χ1) is 6.50. The summed E-state index contributed by atoms with van der Waals surface area (Å²) in [4.78, 5) is 18.2. The summed E-state index contributed by atoms with van der Waals surface area (Å²) >= 11 is 3.26. The Bertz CT molecular complexity index is 322. The smallest absolute Gasteiger partial charge is 0.217 e. The number of hydrogen-bond acceptors (Lipinski definition) is 2. The van der Waals surface area contributed by atoms with Crippen LogP contribution in [0.25, 0.3) is 0 Å². The van der Waals surface area contributed by atoms with Crippen LogP contribution in [0.3, 0.4) is 0 Å². The van der Waals surface area contributed by atoms with Crippen molar-refractivity contribution in [3.05, 3.63) is 16.6 Å². The van der Waals surface area contributed by atoms with Crippen LogP contribution in [0.1, 0.15) is 32.6 Å². The van der Waals surface area contributed by atoms with Gasteiger partial charge in [-0.15, -0.1) is 0 Å². The van der Waals surface area contributed by atoms with Crippen molar-refractivity contribution in [2.45, 2.75) is 26.8 Å². The predicted octanol–water partition coefficient (Wildman–Crippen LogP) is 2.01. The van der Waals surface area contributed by atoms with Crippen LogP contribution >= 0.6 is 15.9 Å². The lowest BCUT2D eigenvalue weighted by molar-refractivity contribution is -0.120. The number of hydrogen-bond donors (Lipinski definition) is 2. The molecule has 0 aliphatic rings. The summed E-state index contributed by atoms with van der Waals surface area (Å²) in [6, 6.07) is -0.0567. The van der Waals surface area contributed by atoms with Crippen LogP contribution in [0.5, 0.6) is 0 Å². The summed E-state index contributed by atoms with van der Waals surface area (Å²) in [6.07, 6.45) is 1.76. The van der Waals surface area contributed by atoms with E-state index >= 15 is 0 Å². The maximum absolute atomic E-state index is 11.0. The number of nitrogens with one attached hydrogen (secondary N) is 2. The summed E-state index contributed by atoms with van der Waals surface area (Å²) in [5, 5.41) is 2.86. The zero-order chi connectivity index (χ0) is 10.7. The van der Waals surface area contributed by atoms with Crippen LogP contribution in [0.2, 0.25) is 0 Å². The molecule has 0 aromatic carbocycles. The molecule has 2 N–H and O–H groups in total. The highest BCUT2D eigenvalue weighted by atomic mass is 79.9. The van der Waals surface area contributed by atoms with Crippen molar-refractivity contribution in [3.63, 3.8) is 0 Å². The summed E-state index contributed by atoms with van der Waals surface area (Å²) < 4.78 is 0.753. The minimum absolute atomic E-state index is 0.0452. The highest BCUT2D eigenvalue weighted by Gasteiger charge is 2.19. The Hall–Kier alpha value is -0.840. The normalized spacial score (nSPS) is 12.9. The Labute approximate surface area is 91.6 Å². The molecule has 0 saturated heterocycles. The van der Waals surface area contributed by atoms with E-state index in [4.69, 9.17) is 0 Å². The first-order valence-electron chi connectivity index (χ1n) is 4.48. The number of halogens is 1. The molecule has 0 saturated carbocycles. The van der Waals surface area contributed by atoms with Crippen molar-refractivity contribution in [3.8, 4) is 0 Å². The molecule has 1 aromatic rings. The molecule has 0 fully saturated rings. The van der Waals surface area contributed by atoms with E-state index in [1.807, 2.05) is 13.8 Å². The second-order valence-corrected chi connectivity index (χ2v) is 4.34. The van der Waals surface area contributed by atoms with Crippen LogP contribution in [0.4, 0.5) is 0 Å². The number of aromatic amines is 1. The lowest BCUT2D eigenvalue weighted by atomic mass is 10.0. The van der Waals surface area contributed by atoms with Gasteiger partial charge in [0.15, 0.2) is 0 Å². The topological polar surface area (TPSA) is 57.8 Å². The van der Waals surface area contributed by atoms with Gasteiger partial charge in [0, 0.05) is 13.1 Å². The summed E-state index contributed by atoms with van der Waals surface area (Å²) in [7, 11) is 0. The number of H-pyrrole nitrogens is 1. The number of imidazole rings is 1. The van der Waals surface area contributed by atoms with E-state index in [1.54, 1.807) is 6.20 Å². The molecule has 0 spiro atoms. The second kappa shape index (κ2) is 4.59. The molecule has 78 valence electrons. The number of carbonyl (C=O) groups excluding carboxylic acids is 1. The van der Waals surface area contributed by atoms with E-state index in [0.29, 0.717) is 5.92 Å². The van der Waals surface area contributed by atoms with Gasteiger partial charge in [0.2, 0.25) is 5.91 Å². The highest BCUT2D eigenvalue weighted by molar-refractivity contribution is 9.10. The Morgan fingerprint density at radius 2 is 2.29 bits per heavy atom. The standard InChI is InChI=1S/C9H14BrN3O/c1-5(2)8(12-6(3)14)9-11-4-7(10)13-9/h4-5,8H,1-3H3,(H,11,13)(H,12,14)/t8-/m0/s1. The van der Waals surface area contributed by atoms with Crippen LogP contribution in [-0.2, 0) is 4.79 Å². The van der Waals surface area contributed by atoms with Crippen molar-refractivity contribution in [1.82, 2.24) is 15.3 Å². The van der Waals surface area contributed by atoms with Gasteiger partial charge in [-0.1, -0.05) is 13.8 Å². The van der Waals surface area contributed by atoms with Crippen molar-refractivity contribution < 1.29 is 4.79 Å². The van der Waals surface area contributed by atoms with Gasteiger partial charge in [-0.2, -0.15) is 0 Å². The fourth-order valence-electron chi connectivity index (χ4n) is 1.24. The third-order valence-corrected chi connectivity index (χ3v) is 2.29. The van der Waals surface area contributed by atoms with Gasteiger partial charge in [0.1, 0.15) is 10.4 Å². The van der Waals surface area contributed by atoms with Crippen LogP contribution < -0.4 is 5.32 Å². The molecule has 0 radical (unpaired) electrons. The zero-order valence-corrected chi connectivity index (χ0v) is 10.1. The van der Waals surface area contributed by atoms with E-state index in [2.05, 4.69) is 31.2 Å². The molecule has 0 unspecified atom stereocenters. The molecule has 5 heteroatoms. The largest absolute Gasteiger partial charge is 0.346 e. The number of rotatable bonds is 3. The number of aromatic nitrogens is 2. The molecule has 1 aromatic heterocycles. The monoisotopic (exact) mass is 259 g/mol. The first-order valence-corrected chi connectivity index (χ1v) is 5.28. The summed E-state index contributed by atoms with van der Waals surface area (Å²) in [5.74, 6) is 1.04. The van der Waals surface area contributed by atoms with E-state index in [9.17, 15) is 4.79 Å². The molecule has 0 aliphatic heterocycles. The van der Waals surface area contributed by atoms with Crippen LogP contribution in [0.15, 0.2) is 10.8 Å². The molecule has 4 nitrogen and oxygen atoms in total. The van der Waals surface area contributed by atoms with E-state index in [0.717, 1.165) is 10.4 Å². The average molecular weight is 260 g/mol. The molecule has 1 rings (SSSR count). The fourth-order valence-corrected chi connectivity index (χ4v) is 1.55. The lowest BCUT2D eigenvalue weighted by Gasteiger charge is -2.19. The van der Waals surface area contributed by atoms with E-state index in [-0.39, 0.29) is 11.9 Å². The van der Waals surface area contributed by atoms with Gasteiger partial charge in [0.25, 0.3) is 0 Å². The van der Waals surface area contributed by atoms with Crippen molar-refractivity contribution in [2.24, 2.45) is 5.92 Å². The molecular weight excluding hydrogens is 246 g/mol. The highest BCUT2D eigenvalue weighted by Crippen LogP contribution is 2.20. The number of carbonyl (C=O) groups is 1. The first kappa shape index (κ1) is 11.2. The quantitative estimate of drug-likeness (QED) is 0.873. The maximum atomic E-state index is 11.0. The van der Waals surface area contributed by atoms with Crippen molar-refractivity contribution in [2.75, 3.05) is 0 Å². The molecule has 1 atom stereocenters. The Kier molecular flexibility index (Phi) is 3.69. The number of nitrogens with zero attached hydrogens (tertiary/aromatic N) is 1. The van der Waals surface area contributed by atoms with Gasteiger partial charge in [-0.05, 0) is 21.8 Å². The minimum Gasteiger partial charge on any atom is -0.346 e. The van der Waals surface area contributed by atoms with E-state index in [1.165, 1.54) is 6.92 Å². The van der Waals surface area contributed by atoms with Gasteiger partial charge in [0.05, 0.1) is 6.04 Å². The maximum Gasteiger partial charge on any atom is 0.217 e. The molecule has 1 amide bonds. The number of amides is 1. The predicted molar refractivity (Wildman–Crippen MR) is 57.7 cm³/mol. The van der Waals surface area contributed by atoms with Crippen molar-refractivity contribution in [1.29, 1.82) is 0 Å². The van der Waals surface area contributed by atoms with Gasteiger partial charge < -0.3 is 10.3 Å². The average Bonchev–Trinajstić information content (AvgIpc) is 2.46.